The quantitative estimate of drug-likeness (QED) is 0.341. The molecule has 1 heterocycles. The second-order valence-electron chi connectivity index (χ2n) is 9.58. The highest BCUT2D eigenvalue weighted by Gasteiger charge is 2.47. The zero-order valence-electron chi connectivity index (χ0n) is 21.6. The third-order valence-corrected chi connectivity index (χ3v) is 6.47. The fourth-order valence-corrected chi connectivity index (χ4v) is 4.75. The second kappa shape index (κ2) is 11.1. The van der Waals surface area contributed by atoms with Gasteiger partial charge in [-0.15, -0.1) is 0 Å². The summed E-state index contributed by atoms with van der Waals surface area (Å²) >= 11 is 0. The molecular weight excluding hydrogens is 448 g/mol. The molecule has 190 valence electrons. The summed E-state index contributed by atoms with van der Waals surface area (Å²) in [6.07, 6.45) is 0.522. The van der Waals surface area contributed by atoms with Crippen molar-refractivity contribution in [2.75, 3.05) is 39.3 Å². The van der Waals surface area contributed by atoms with Crippen molar-refractivity contribution in [3.05, 3.63) is 52.4 Å². The monoisotopic (exact) mass is 484 g/mol. The van der Waals surface area contributed by atoms with Crippen LogP contribution in [0.5, 0.6) is 0 Å². The van der Waals surface area contributed by atoms with Gasteiger partial charge < -0.3 is 24.4 Å². The van der Waals surface area contributed by atoms with Crippen LogP contribution in [0.1, 0.15) is 45.6 Å². The summed E-state index contributed by atoms with van der Waals surface area (Å²) in [7, 11) is 5.17. The lowest BCUT2D eigenvalue weighted by atomic mass is 9.69. The Morgan fingerprint density at radius 2 is 1.80 bits per heavy atom. The van der Waals surface area contributed by atoms with Crippen molar-refractivity contribution >= 4 is 23.4 Å². The molecule has 1 aliphatic carbocycles. The molecule has 1 N–H and O–H groups in total. The number of nitrogens with one attached hydrogen (secondary N) is 1. The zero-order valence-corrected chi connectivity index (χ0v) is 21.6. The van der Waals surface area contributed by atoms with E-state index in [2.05, 4.69) is 5.32 Å². The lowest BCUT2D eigenvalue weighted by molar-refractivity contribution is -0.151. The summed E-state index contributed by atoms with van der Waals surface area (Å²) in [5, 5.41) is 3.27. The number of carbonyl (C=O) groups excluding carboxylic acids is 3. The van der Waals surface area contributed by atoms with Crippen LogP contribution in [0.3, 0.4) is 0 Å². The third kappa shape index (κ3) is 5.59. The Kier molecular flexibility index (Phi) is 8.38. The molecule has 0 unspecified atom stereocenters. The van der Waals surface area contributed by atoms with E-state index in [-0.39, 0.29) is 31.0 Å². The van der Waals surface area contributed by atoms with E-state index in [1.165, 1.54) is 7.11 Å². The number of carbonyl (C=O) groups is 3. The maximum atomic E-state index is 13.7. The molecule has 8 nitrogen and oxygen atoms in total. The van der Waals surface area contributed by atoms with Crippen LogP contribution in [0.4, 0.5) is 5.69 Å². The van der Waals surface area contributed by atoms with Crippen LogP contribution < -0.4 is 10.2 Å². The molecule has 0 aromatic heterocycles. The Morgan fingerprint density at radius 3 is 2.37 bits per heavy atom. The van der Waals surface area contributed by atoms with Gasteiger partial charge in [0.25, 0.3) is 0 Å². The third-order valence-electron chi connectivity index (χ3n) is 6.47. The second-order valence-corrected chi connectivity index (χ2v) is 9.58. The van der Waals surface area contributed by atoms with E-state index < -0.39 is 23.8 Å². The number of ether oxygens (including phenoxy) is 3. The molecule has 0 bridgehead atoms. The van der Waals surface area contributed by atoms with Gasteiger partial charge >= 0.3 is 11.9 Å². The average molecular weight is 485 g/mol. The van der Waals surface area contributed by atoms with Crippen LogP contribution in [-0.4, -0.2) is 58.2 Å². The molecule has 1 aromatic rings. The summed E-state index contributed by atoms with van der Waals surface area (Å²) in [5.74, 6) is -3.20. The topological polar surface area (TPSA) is 94.2 Å². The lowest BCUT2D eigenvalue weighted by Crippen LogP contribution is -2.43. The maximum absolute atomic E-state index is 13.7. The van der Waals surface area contributed by atoms with Gasteiger partial charge in [-0.05, 0) is 50.8 Å². The Morgan fingerprint density at radius 1 is 1.14 bits per heavy atom. The molecule has 0 radical (unpaired) electrons. The predicted molar refractivity (Wildman–Crippen MR) is 133 cm³/mol. The van der Waals surface area contributed by atoms with E-state index in [1.807, 2.05) is 71.0 Å². The fourth-order valence-electron chi connectivity index (χ4n) is 4.75. The van der Waals surface area contributed by atoms with E-state index in [0.717, 1.165) is 16.9 Å². The van der Waals surface area contributed by atoms with Gasteiger partial charge in [0.15, 0.2) is 5.78 Å². The zero-order chi connectivity index (χ0) is 25.9. The van der Waals surface area contributed by atoms with Crippen molar-refractivity contribution in [2.45, 2.75) is 46.1 Å². The Bertz CT molecular complexity index is 1040. The molecule has 2 aliphatic rings. The summed E-state index contributed by atoms with van der Waals surface area (Å²) in [6, 6.07) is 7.72. The number of ketones is 1. The maximum Gasteiger partial charge on any atom is 0.336 e. The molecule has 0 saturated heterocycles. The minimum Gasteiger partial charge on any atom is -0.468 e. The highest BCUT2D eigenvalue weighted by Crippen LogP contribution is 2.45. The van der Waals surface area contributed by atoms with Gasteiger partial charge in [-0.25, -0.2) is 4.79 Å². The summed E-state index contributed by atoms with van der Waals surface area (Å²) in [6.45, 7) is 7.88. The minimum atomic E-state index is -0.917. The Hall–Kier alpha value is -3.13. The van der Waals surface area contributed by atoms with Gasteiger partial charge in [0.05, 0.1) is 25.4 Å². The summed E-state index contributed by atoms with van der Waals surface area (Å²) in [4.78, 5) is 41.6. The molecule has 3 rings (SSSR count). The van der Waals surface area contributed by atoms with Crippen molar-refractivity contribution in [3.8, 4) is 0 Å². The molecule has 1 aromatic carbocycles. The number of methoxy groups -OCH3 is 1. The Labute approximate surface area is 207 Å². The summed E-state index contributed by atoms with van der Waals surface area (Å²) < 4.78 is 16.0. The van der Waals surface area contributed by atoms with Gasteiger partial charge in [-0.3, -0.25) is 9.59 Å². The predicted octanol–water partition coefficient (Wildman–Crippen LogP) is 3.33. The SMILES string of the molecule is COC(=O)[C@H]1C(=O)C2=C(C[C@@H]1C)NC(C)=C(C(=O)OCCOC(C)C)[C@@H]2c1ccc(N(C)C)cc1. The van der Waals surface area contributed by atoms with Crippen LogP contribution >= 0.6 is 0 Å². The van der Waals surface area contributed by atoms with E-state index in [1.54, 1.807) is 0 Å². The first-order valence-electron chi connectivity index (χ1n) is 12.0. The normalized spacial score (nSPS) is 22.1. The molecule has 0 spiro atoms. The van der Waals surface area contributed by atoms with Crippen LogP contribution in [0.2, 0.25) is 0 Å². The largest absolute Gasteiger partial charge is 0.468 e. The average Bonchev–Trinajstić information content (AvgIpc) is 2.80. The number of anilines is 1. The molecule has 1 aliphatic heterocycles. The number of nitrogens with zero attached hydrogens (tertiary/aromatic N) is 1. The minimum absolute atomic E-state index is 0.0266. The van der Waals surface area contributed by atoms with E-state index in [4.69, 9.17) is 14.2 Å². The van der Waals surface area contributed by atoms with E-state index in [0.29, 0.717) is 23.3 Å². The number of rotatable bonds is 8. The first kappa shape index (κ1) is 26.5. The highest BCUT2D eigenvalue weighted by molar-refractivity contribution is 6.12. The number of Topliss-reactive ketones (excluding diaryl/α,β-unsaturated/α-hetero) is 1. The summed E-state index contributed by atoms with van der Waals surface area (Å²) in [5.41, 5.74) is 3.92. The van der Waals surface area contributed by atoms with Crippen LogP contribution in [-0.2, 0) is 28.6 Å². The van der Waals surface area contributed by atoms with Gasteiger partial charge in [-0.1, -0.05) is 19.1 Å². The Balaban J connectivity index is 2.05. The number of hydrogen-bond acceptors (Lipinski definition) is 8. The van der Waals surface area contributed by atoms with Crippen LogP contribution in [0.15, 0.2) is 46.8 Å². The standard InChI is InChI=1S/C27H36N2O6/c1-15(2)34-12-13-35-27(32)22-17(4)28-20-14-16(3)21(26(31)33-7)25(30)24(20)23(22)18-8-10-19(11-9-18)29(5)6/h8-11,15-16,21,23,28H,12-14H2,1-7H3/t16-,21+,23-/m0/s1. The van der Waals surface area contributed by atoms with Gasteiger partial charge in [0.2, 0.25) is 0 Å². The van der Waals surface area contributed by atoms with Gasteiger partial charge in [0.1, 0.15) is 12.5 Å². The number of benzene rings is 1. The van der Waals surface area contributed by atoms with Crippen molar-refractivity contribution in [2.24, 2.45) is 11.8 Å². The van der Waals surface area contributed by atoms with E-state index >= 15 is 0 Å². The molecule has 0 amide bonds. The first-order valence-corrected chi connectivity index (χ1v) is 12.0. The first-order chi connectivity index (χ1) is 16.6. The smallest absolute Gasteiger partial charge is 0.336 e. The molecule has 35 heavy (non-hydrogen) atoms. The van der Waals surface area contributed by atoms with Crippen molar-refractivity contribution in [1.29, 1.82) is 0 Å². The van der Waals surface area contributed by atoms with Crippen LogP contribution in [0.25, 0.3) is 0 Å². The number of hydrogen-bond donors (Lipinski definition) is 1. The molecular formula is C27H36N2O6. The number of allylic oxidation sites excluding steroid dienone is 3. The van der Waals surface area contributed by atoms with Crippen molar-refractivity contribution in [3.63, 3.8) is 0 Å². The molecule has 0 fully saturated rings. The van der Waals surface area contributed by atoms with Crippen LogP contribution in [0, 0.1) is 11.8 Å². The van der Waals surface area contributed by atoms with Crippen molar-refractivity contribution < 1.29 is 28.6 Å². The number of dihydropyridines is 1. The van der Waals surface area contributed by atoms with Gasteiger partial charge in [0, 0.05) is 42.7 Å². The lowest BCUT2D eigenvalue weighted by Gasteiger charge is -2.38. The number of esters is 2. The molecule has 3 atom stereocenters. The van der Waals surface area contributed by atoms with Gasteiger partial charge in [-0.2, -0.15) is 0 Å². The van der Waals surface area contributed by atoms with E-state index in [9.17, 15) is 14.4 Å². The van der Waals surface area contributed by atoms with Crippen molar-refractivity contribution in [1.82, 2.24) is 5.32 Å². The highest BCUT2D eigenvalue weighted by atomic mass is 16.6. The molecule has 0 saturated carbocycles. The fraction of sp³-hybridized carbons (Fsp3) is 0.519. The molecule has 8 heteroatoms.